The Morgan fingerprint density at radius 3 is 2.80 bits per heavy atom. The topological polar surface area (TPSA) is 75.8 Å². The average molecular weight is 278 g/mol. The Morgan fingerprint density at radius 2 is 2.20 bits per heavy atom. The number of carbonyl (C=O) groups is 1. The van der Waals surface area contributed by atoms with Crippen molar-refractivity contribution in [2.75, 3.05) is 30.8 Å². The predicted molar refractivity (Wildman–Crippen MR) is 78.8 cm³/mol. The molecule has 0 spiro atoms. The Hall–Kier alpha value is -1.75. The molecule has 20 heavy (non-hydrogen) atoms. The van der Waals surface area contributed by atoms with Crippen LogP contribution in [0.2, 0.25) is 0 Å². The minimum atomic E-state index is -0.332. The van der Waals surface area contributed by atoms with E-state index in [1.165, 1.54) is 0 Å². The van der Waals surface area contributed by atoms with Gasteiger partial charge in [0.15, 0.2) is 0 Å². The van der Waals surface area contributed by atoms with E-state index in [0.717, 1.165) is 25.1 Å². The van der Waals surface area contributed by atoms with Gasteiger partial charge in [-0.1, -0.05) is 0 Å². The average Bonchev–Trinajstić information content (AvgIpc) is 2.37. The number of anilines is 2. The van der Waals surface area contributed by atoms with E-state index in [-0.39, 0.29) is 12.1 Å². The Kier molecular flexibility index (Phi) is 4.49. The molecule has 0 atom stereocenters. The first-order valence-electron chi connectivity index (χ1n) is 6.97. The third kappa shape index (κ3) is 3.22. The summed E-state index contributed by atoms with van der Waals surface area (Å²) in [6.45, 7) is 2.96. The minimum Gasteiger partial charge on any atom is -0.462 e. The fourth-order valence-corrected chi connectivity index (χ4v) is 2.55. The zero-order valence-electron chi connectivity index (χ0n) is 12.0. The van der Waals surface area contributed by atoms with Gasteiger partial charge in [0.2, 0.25) is 0 Å². The highest BCUT2D eigenvalue weighted by Crippen LogP contribution is 2.31. The van der Waals surface area contributed by atoms with Gasteiger partial charge in [0, 0.05) is 13.6 Å². The van der Waals surface area contributed by atoms with Gasteiger partial charge in [-0.3, -0.25) is 0 Å². The standard InChI is InChI=1S/C15H22N2O3/c1-3-20-15(19)11-4-5-13(16)14(8-11)17(2)9-10-6-12(18)7-10/h4-5,8,10,12,18H,3,6-7,9,16H2,1-2H3. The van der Waals surface area contributed by atoms with Crippen molar-refractivity contribution in [2.45, 2.75) is 25.9 Å². The van der Waals surface area contributed by atoms with Crippen molar-refractivity contribution in [1.29, 1.82) is 0 Å². The predicted octanol–water partition coefficient (Wildman–Crippen LogP) is 1.65. The molecule has 0 heterocycles. The smallest absolute Gasteiger partial charge is 0.338 e. The van der Waals surface area contributed by atoms with E-state index in [2.05, 4.69) is 0 Å². The van der Waals surface area contributed by atoms with Crippen molar-refractivity contribution >= 4 is 17.3 Å². The summed E-state index contributed by atoms with van der Waals surface area (Å²) in [5, 5.41) is 9.33. The van der Waals surface area contributed by atoms with Gasteiger partial charge >= 0.3 is 5.97 Å². The van der Waals surface area contributed by atoms with Crippen molar-refractivity contribution < 1.29 is 14.6 Å². The van der Waals surface area contributed by atoms with Crippen LogP contribution < -0.4 is 10.6 Å². The van der Waals surface area contributed by atoms with E-state index in [1.807, 2.05) is 11.9 Å². The molecule has 1 aliphatic rings. The van der Waals surface area contributed by atoms with Gasteiger partial charge in [0.05, 0.1) is 29.6 Å². The normalized spacial score (nSPS) is 21.1. The molecule has 0 radical (unpaired) electrons. The number of nitrogen functional groups attached to an aromatic ring is 1. The molecule has 0 amide bonds. The minimum absolute atomic E-state index is 0.156. The second-order valence-electron chi connectivity index (χ2n) is 5.37. The molecule has 5 heteroatoms. The monoisotopic (exact) mass is 278 g/mol. The lowest BCUT2D eigenvalue weighted by Gasteiger charge is -2.35. The summed E-state index contributed by atoms with van der Waals surface area (Å²) in [7, 11) is 1.95. The molecule has 0 bridgehead atoms. The molecule has 1 aliphatic carbocycles. The highest BCUT2D eigenvalue weighted by molar-refractivity contribution is 5.92. The summed E-state index contributed by atoms with van der Waals surface area (Å²) in [5.41, 5.74) is 7.96. The highest BCUT2D eigenvalue weighted by Gasteiger charge is 2.28. The molecule has 0 saturated heterocycles. The molecule has 5 nitrogen and oxygen atoms in total. The first-order chi connectivity index (χ1) is 9.51. The summed E-state index contributed by atoms with van der Waals surface area (Å²) >= 11 is 0. The lowest BCUT2D eigenvalue weighted by atomic mass is 9.82. The second kappa shape index (κ2) is 6.13. The van der Waals surface area contributed by atoms with Crippen molar-refractivity contribution in [3.8, 4) is 0 Å². The lowest BCUT2D eigenvalue weighted by Crippen LogP contribution is -2.37. The maximum Gasteiger partial charge on any atom is 0.338 e. The van der Waals surface area contributed by atoms with Crippen molar-refractivity contribution in [2.24, 2.45) is 5.92 Å². The van der Waals surface area contributed by atoms with Crippen molar-refractivity contribution in [3.05, 3.63) is 23.8 Å². The number of esters is 1. The second-order valence-corrected chi connectivity index (χ2v) is 5.37. The van der Waals surface area contributed by atoms with E-state index < -0.39 is 0 Å². The third-order valence-corrected chi connectivity index (χ3v) is 3.70. The Morgan fingerprint density at radius 1 is 1.50 bits per heavy atom. The number of hydrogen-bond acceptors (Lipinski definition) is 5. The number of nitrogens with zero attached hydrogens (tertiary/aromatic N) is 1. The number of carbonyl (C=O) groups excluding carboxylic acids is 1. The fraction of sp³-hybridized carbons (Fsp3) is 0.533. The maximum atomic E-state index is 11.7. The van der Waals surface area contributed by atoms with Gasteiger partial charge < -0.3 is 20.5 Å². The highest BCUT2D eigenvalue weighted by atomic mass is 16.5. The zero-order chi connectivity index (χ0) is 14.7. The molecule has 3 N–H and O–H groups in total. The number of aliphatic hydroxyl groups is 1. The Labute approximate surface area is 119 Å². The molecule has 1 aromatic carbocycles. The van der Waals surface area contributed by atoms with Gasteiger partial charge in [-0.2, -0.15) is 0 Å². The Balaban J connectivity index is 2.09. The van der Waals surface area contributed by atoms with E-state index in [1.54, 1.807) is 25.1 Å². The molecule has 1 aromatic rings. The molecule has 2 rings (SSSR count). The van der Waals surface area contributed by atoms with Crippen LogP contribution in [0.25, 0.3) is 0 Å². The lowest BCUT2D eigenvalue weighted by molar-refractivity contribution is 0.0465. The number of hydrogen-bond donors (Lipinski definition) is 2. The van der Waals surface area contributed by atoms with E-state index in [0.29, 0.717) is 23.8 Å². The van der Waals surface area contributed by atoms with Crippen LogP contribution >= 0.6 is 0 Å². The molecule has 1 fully saturated rings. The number of benzene rings is 1. The van der Waals surface area contributed by atoms with Crippen molar-refractivity contribution in [3.63, 3.8) is 0 Å². The summed E-state index contributed by atoms with van der Waals surface area (Å²) in [6, 6.07) is 5.17. The SMILES string of the molecule is CCOC(=O)c1ccc(N)c(N(C)CC2CC(O)C2)c1. The van der Waals surface area contributed by atoms with Crippen molar-refractivity contribution in [1.82, 2.24) is 0 Å². The summed E-state index contributed by atoms with van der Waals surface area (Å²) in [6.07, 6.45) is 1.51. The van der Waals surface area contributed by atoms with Crippen LogP contribution in [0.3, 0.4) is 0 Å². The van der Waals surface area contributed by atoms with Crippen LogP contribution in [-0.4, -0.2) is 37.4 Å². The summed E-state index contributed by atoms with van der Waals surface area (Å²) in [4.78, 5) is 13.8. The molecule has 110 valence electrons. The van der Waals surface area contributed by atoms with Crippen LogP contribution in [0.15, 0.2) is 18.2 Å². The van der Waals surface area contributed by atoms with E-state index in [9.17, 15) is 9.90 Å². The van der Waals surface area contributed by atoms with Crippen LogP contribution in [-0.2, 0) is 4.74 Å². The molecule has 0 aliphatic heterocycles. The van der Waals surface area contributed by atoms with Gasteiger partial charge in [-0.25, -0.2) is 4.79 Å². The summed E-state index contributed by atoms with van der Waals surface area (Å²) < 4.78 is 5.00. The van der Waals surface area contributed by atoms with Gasteiger partial charge in [-0.05, 0) is 43.9 Å². The third-order valence-electron chi connectivity index (χ3n) is 3.70. The summed E-state index contributed by atoms with van der Waals surface area (Å²) in [5.74, 6) is 0.155. The number of rotatable bonds is 5. The van der Waals surface area contributed by atoms with Crippen LogP contribution in [0.5, 0.6) is 0 Å². The number of nitrogens with two attached hydrogens (primary N) is 1. The molecule has 1 saturated carbocycles. The quantitative estimate of drug-likeness (QED) is 0.632. The van der Waals surface area contributed by atoms with Gasteiger partial charge in [-0.15, -0.1) is 0 Å². The van der Waals surface area contributed by atoms with E-state index >= 15 is 0 Å². The largest absolute Gasteiger partial charge is 0.462 e. The first kappa shape index (κ1) is 14.7. The molecular weight excluding hydrogens is 256 g/mol. The van der Waals surface area contributed by atoms with E-state index in [4.69, 9.17) is 10.5 Å². The first-order valence-corrected chi connectivity index (χ1v) is 6.97. The number of ether oxygens (including phenoxy) is 1. The maximum absolute atomic E-state index is 11.7. The van der Waals surface area contributed by atoms with Crippen LogP contribution in [0, 0.1) is 5.92 Å². The zero-order valence-corrected chi connectivity index (χ0v) is 12.0. The van der Waals surface area contributed by atoms with Crippen LogP contribution in [0.1, 0.15) is 30.1 Å². The van der Waals surface area contributed by atoms with Gasteiger partial charge in [0.1, 0.15) is 0 Å². The fourth-order valence-electron chi connectivity index (χ4n) is 2.55. The molecule has 0 unspecified atom stereocenters. The Bertz CT molecular complexity index is 484. The number of aliphatic hydroxyl groups excluding tert-OH is 1. The molecular formula is C15H22N2O3. The molecule has 0 aromatic heterocycles. The van der Waals surface area contributed by atoms with Crippen LogP contribution in [0.4, 0.5) is 11.4 Å². The van der Waals surface area contributed by atoms with Gasteiger partial charge in [0.25, 0.3) is 0 Å².